The van der Waals surface area contributed by atoms with Crippen molar-refractivity contribution >= 4 is 40.7 Å². The minimum atomic E-state index is -4.82. The average Bonchev–Trinajstić information content (AvgIpc) is 3.97. The number of unbranched alkanes of at least 4 members (excludes halogenated alkanes) is 3. The summed E-state index contributed by atoms with van der Waals surface area (Å²) in [5.41, 5.74) is 14.7. The number of guanidine groups is 1. The molecule has 2 aliphatic heterocycles. The molecule has 68 heavy (non-hydrogen) atoms. The number of Topliss-reactive ketones (excluding diaryl/α,β-unsaturated/α-hetero) is 3. The van der Waals surface area contributed by atoms with Gasteiger partial charge in [0, 0.05) is 87.7 Å². The standard InChI is InChI=1S/C48H60F6N8O6/c49-47(50,51)34-20-31(23-36(63)6-2-1-3-7-42(55)56)44(67-39-13-16-59-27-39)32(21-34)24-37(64)18-29-9-11-30(12-10-29)19-38(65)25-33-22-35(48(52,53)54)26-41(45(33)68-40-14-17-60-28-40)62-43(66)8-4-5-15-61-46(57)58/h9-12,20-22,26,39-40,59-60H,1-8,13-19,23-25,27-28H2,(H3,55,56)(H,62,66)(H4,57,58,61). The first-order valence-electron chi connectivity index (χ1n) is 22.8. The third kappa shape index (κ3) is 17.2. The van der Waals surface area contributed by atoms with Crippen LogP contribution in [0.1, 0.15) is 103 Å². The summed E-state index contributed by atoms with van der Waals surface area (Å²) in [6.07, 6.45) is -7.93. The molecule has 3 aromatic carbocycles. The van der Waals surface area contributed by atoms with Gasteiger partial charge in [0.1, 0.15) is 41.1 Å². The van der Waals surface area contributed by atoms with Crippen LogP contribution in [0.2, 0.25) is 0 Å². The summed E-state index contributed by atoms with van der Waals surface area (Å²) < 4.78 is 97.9. The van der Waals surface area contributed by atoms with E-state index in [0.29, 0.717) is 88.7 Å². The topological polar surface area (TPSA) is 237 Å². The molecular formula is C48H60F6N8O6. The number of alkyl halides is 6. The molecule has 0 aromatic heterocycles. The first kappa shape index (κ1) is 52.9. The predicted molar refractivity (Wildman–Crippen MR) is 245 cm³/mol. The zero-order valence-electron chi connectivity index (χ0n) is 37.8. The Bertz CT molecular complexity index is 2270. The summed E-state index contributed by atoms with van der Waals surface area (Å²) in [5, 5.41) is 16.2. The number of nitrogens with zero attached hydrogens (tertiary/aromatic N) is 1. The highest BCUT2D eigenvalue weighted by Crippen LogP contribution is 2.40. The number of aliphatic imine (C=N–C) groups is 1. The number of hydrogen-bond donors (Lipinski definition) is 7. The summed E-state index contributed by atoms with van der Waals surface area (Å²) in [7, 11) is 0. The van der Waals surface area contributed by atoms with Gasteiger partial charge in [-0.2, -0.15) is 26.3 Å². The van der Waals surface area contributed by atoms with E-state index in [4.69, 9.17) is 32.1 Å². The summed E-state index contributed by atoms with van der Waals surface area (Å²) >= 11 is 0. The second kappa shape index (κ2) is 24.8. The summed E-state index contributed by atoms with van der Waals surface area (Å²) in [6, 6.07) is 9.79. The van der Waals surface area contributed by atoms with Crippen molar-refractivity contribution in [1.82, 2.24) is 10.6 Å². The van der Waals surface area contributed by atoms with Crippen LogP contribution in [0.15, 0.2) is 53.5 Å². The molecule has 370 valence electrons. The predicted octanol–water partition coefficient (Wildman–Crippen LogP) is 6.29. The molecule has 2 atom stereocenters. The summed E-state index contributed by atoms with van der Waals surface area (Å²) in [4.78, 5) is 57.1. The lowest BCUT2D eigenvalue weighted by atomic mass is 9.94. The van der Waals surface area contributed by atoms with Crippen LogP contribution in [-0.2, 0) is 63.6 Å². The maximum absolute atomic E-state index is 14.3. The number of carbonyl (C=O) groups excluding carboxylic acids is 4. The zero-order chi connectivity index (χ0) is 49.4. The van der Waals surface area contributed by atoms with Crippen LogP contribution in [0.4, 0.5) is 32.0 Å². The van der Waals surface area contributed by atoms with Gasteiger partial charge in [0.15, 0.2) is 5.96 Å². The number of benzene rings is 3. The fraction of sp³-hybridized carbons (Fsp3) is 0.500. The molecule has 0 saturated carbocycles. The molecule has 2 fully saturated rings. The van der Waals surface area contributed by atoms with Gasteiger partial charge in [-0.05, 0) is 87.0 Å². The van der Waals surface area contributed by atoms with E-state index in [9.17, 15) is 45.5 Å². The van der Waals surface area contributed by atoms with E-state index in [2.05, 4.69) is 20.9 Å². The molecule has 0 bridgehead atoms. The van der Waals surface area contributed by atoms with E-state index in [1.807, 2.05) is 0 Å². The highest BCUT2D eigenvalue weighted by molar-refractivity contribution is 5.94. The van der Waals surface area contributed by atoms with Crippen LogP contribution in [0.5, 0.6) is 11.5 Å². The normalized spacial score (nSPS) is 16.0. The number of nitrogens with one attached hydrogen (secondary N) is 4. The molecule has 3 aromatic rings. The number of carbonyl (C=O) groups is 4. The van der Waals surface area contributed by atoms with Crippen molar-refractivity contribution < 1.29 is 55.0 Å². The number of ketones is 3. The second-order valence-corrected chi connectivity index (χ2v) is 17.3. The van der Waals surface area contributed by atoms with Gasteiger partial charge in [-0.25, -0.2) is 0 Å². The van der Waals surface area contributed by atoms with E-state index in [1.54, 1.807) is 24.3 Å². The quantitative estimate of drug-likeness (QED) is 0.0204. The SMILES string of the molecule is N=C(N)CCCCCC(=O)Cc1cc(C(F)(F)F)cc(CC(=O)Cc2ccc(CC(=O)Cc3cc(C(F)(F)F)cc(NC(=O)CCCCN=C(N)N)c3OC3CCNC3)cc2)c1OC1CCNC1. The van der Waals surface area contributed by atoms with Crippen LogP contribution in [0, 0.1) is 5.41 Å². The smallest absolute Gasteiger partial charge is 0.416 e. The Morgan fingerprint density at radius 3 is 1.59 bits per heavy atom. The lowest BCUT2D eigenvalue weighted by Gasteiger charge is -2.22. The monoisotopic (exact) mass is 958 g/mol. The van der Waals surface area contributed by atoms with Gasteiger partial charge in [0.05, 0.1) is 22.6 Å². The van der Waals surface area contributed by atoms with E-state index >= 15 is 0 Å². The van der Waals surface area contributed by atoms with Crippen LogP contribution >= 0.6 is 0 Å². The van der Waals surface area contributed by atoms with E-state index < -0.39 is 59.9 Å². The molecule has 14 nitrogen and oxygen atoms in total. The Labute approximate surface area is 391 Å². The summed E-state index contributed by atoms with van der Waals surface area (Å²) in [6.45, 7) is 2.34. The first-order valence-corrected chi connectivity index (χ1v) is 22.8. The van der Waals surface area contributed by atoms with Gasteiger partial charge in [0.2, 0.25) is 5.91 Å². The number of rotatable bonds is 26. The van der Waals surface area contributed by atoms with E-state index in [0.717, 1.165) is 24.3 Å². The third-order valence-electron chi connectivity index (χ3n) is 11.4. The number of amides is 1. The summed E-state index contributed by atoms with van der Waals surface area (Å²) in [5.74, 6) is -1.77. The van der Waals surface area contributed by atoms with Crippen molar-refractivity contribution in [3.63, 3.8) is 0 Å². The molecule has 20 heteroatoms. The van der Waals surface area contributed by atoms with Crippen LogP contribution in [-0.4, -0.2) is 80.0 Å². The number of hydrogen-bond acceptors (Lipinski definition) is 10. The largest absolute Gasteiger partial charge is 0.488 e. The Morgan fingerprint density at radius 1 is 0.632 bits per heavy atom. The molecule has 1 amide bonds. The minimum Gasteiger partial charge on any atom is -0.488 e. The number of ether oxygens (including phenoxy) is 2. The second-order valence-electron chi connectivity index (χ2n) is 17.3. The van der Waals surface area contributed by atoms with Crippen molar-refractivity contribution in [1.29, 1.82) is 5.41 Å². The van der Waals surface area contributed by atoms with Crippen molar-refractivity contribution in [3.8, 4) is 11.5 Å². The fourth-order valence-corrected chi connectivity index (χ4v) is 8.05. The molecule has 2 unspecified atom stereocenters. The molecule has 2 heterocycles. The number of halogens is 6. The van der Waals surface area contributed by atoms with Crippen LogP contribution in [0.25, 0.3) is 0 Å². The minimum absolute atomic E-state index is 0.00701. The van der Waals surface area contributed by atoms with Gasteiger partial charge >= 0.3 is 12.4 Å². The van der Waals surface area contributed by atoms with Crippen molar-refractivity contribution in [2.45, 2.75) is 121 Å². The maximum Gasteiger partial charge on any atom is 0.416 e. The highest BCUT2D eigenvalue weighted by Gasteiger charge is 2.35. The number of nitrogens with two attached hydrogens (primary N) is 3. The molecule has 0 aliphatic carbocycles. The van der Waals surface area contributed by atoms with E-state index in [1.165, 1.54) is 0 Å². The Kier molecular flexibility index (Phi) is 19.3. The molecule has 0 spiro atoms. The Morgan fingerprint density at radius 2 is 1.10 bits per heavy atom. The zero-order valence-corrected chi connectivity index (χ0v) is 37.8. The molecular weight excluding hydrogens is 899 g/mol. The molecule has 0 radical (unpaired) electrons. The number of anilines is 1. The number of amidine groups is 1. The average molecular weight is 959 g/mol. The maximum atomic E-state index is 14.3. The third-order valence-corrected chi connectivity index (χ3v) is 11.4. The van der Waals surface area contributed by atoms with Gasteiger partial charge in [-0.15, -0.1) is 0 Å². The van der Waals surface area contributed by atoms with Gasteiger partial charge in [-0.3, -0.25) is 29.6 Å². The molecule has 10 N–H and O–H groups in total. The lowest BCUT2D eigenvalue weighted by Crippen LogP contribution is -2.23. The lowest BCUT2D eigenvalue weighted by molar-refractivity contribution is -0.138. The first-order chi connectivity index (χ1) is 32.2. The highest BCUT2D eigenvalue weighted by atomic mass is 19.4. The van der Waals surface area contributed by atoms with Crippen molar-refractivity contribution in [3.05, 3.63) is 87.5 Å². The van der Waals surface area contributed by atoms with Crippen molar-refractivity contribution in [2.75, 3.05) is 38.0 Å². The molecule has 2 saturated heterocycles. The molecule has 5 rings (SSSR count). The van der Waals surface area contributed by atoms with Gasteiger partial charge < -0.3 is 42.6 Å². The Balaban J connectivity index is 1.30. The van der Waals surface area contributed by atoms with E-state index in [-0.39, 0.29) is 96.2 Å². The van der Waals surface area contributed by atoms with Crippen LogP contribution in [0.3, 0.4) is 0 Å². The molecule has 2 aliphatic rings. The van der Waals surface area contributed by atoms with Crippen molar-refractivity contribution in [2.24, 2.45) is 22.2 Å². The van der Waals surface area contributed by atoms with Gasteiger partial charge in [0.25, 0.3) is 0 Å². The van der Waals surface area contributed by atoms with Crippen LogP contribution < -0.4 is 42.6 Å². The van der Waals surface area contributed by atoms with Gasteiger partial charge in [-0.1, -0.05) is 30.7 Å². The fourth-order valence-electron chi connectivity index (χ4n) is 8.05. The Hall–Kier alpha value is -6.02.